The molecule has 2 rings (SSSR count). The minimum absolute atomic E-state index is 0.554. The fourth-order valence-corrected chi connectivity index (χ4v) is 4.32. The molecule has 0 saturated heterocycles. The molecule has 0 spiro atoms. The molecule has 162 valence electrons. The summed E-state index contributed by atoms with van der Waals surface area (Å²) in [4.78, 5) is 12.6. The molecule has 0 amide bonds. The van der Waals surface area contributed by atoms with Crippen LogP contribution in [0.3, 0.4) is 0 Å². The van der Waals surface area contributed by atoms with Crippen molar-refractivity contribution >= 4 is 5.97 Å². The molecule has 1 unspecified atom stereocenters. The van der Waals surface area contributed by atoms with Gasteiger partial charge in [-0.3, -0.25) is 0 Å². The summed E-state index contributed by atoms with van der Waals surface area (Å²) < 4.78 is 6.29. The van der Waals surface area contributed by atoms with E-state index in [4.69, 9.17) is 4.74 Å². The number of carboxylic acid groups (broad SMARTS) is 1. The van der Waals surface area contributed by atoms with Crippen molar-refractivity contribution in [1.82, 2.24) is 0 Å². The van der Waals surface area contributed by atoms with Crippen LogP contribution in [0.15, 0.2) is 42.0 Å². The second-order valence-corrected chi connectivity index (χ2v) is 8.45. The summed E-state index contributed by atoms with van der Waals surface area (Å²) in [5, 5.41) is 10.3. The van der Waals surface area contributed by atoms with Crippen LogP contribution in [0.5, 0.6) is 5.75 Å². The zero-order valence-electron chi connectivity index (χ0n) is 18.3. The summed E-state index contributed by atoms with van der Waals surface area (Å²) in [7, 11) is 0. The van der Waals surface area contributed by atoms with Gasteiger partial charge >= 0.3 is 5.97 Å². The number of allylic oxidation sites excluding steroid dienone is 1. The van der Waals surface area contributed by atoms with Gasteiger partial charge in [-0.25, -0.2) is 4.79 Å². The summed E-state index contributed by atoms with van der Waals surface area (Å²) in [6, 6.07) is 9.49. The number of unbranched alkanes of at least 4 members (excludes halogenated alkanes) is 7. The normalized spacial score (nSPS) is 16.9. The van der Waals surface area contributed by atoms with Crippen LogP contribution in [-0.2, 0) is 4.79 Å². The number of hydrogen-bond donors (Lipinski definition) is 1. The third-order valence-corrected chi connectivity index (χ3v) is 6.07. The van der Waals surface area contributed by atoms with Crippen molar-refractivity contribution in [1.29, 1.82) is 0 Å². The lowest BCUT2D eigenvalue weighted by Crippen LogP contribution is -2.46. The Hall–Kier alpha value is -1.77. The molecule has 29 heavy (non-hydrogen) atoms. The Morgan fingerprint density at radius 2 is 1.59 bits per heavy atom. The van der Waals surface area contributed by atoms with Gasteiger partial charge in [0.05, 0.1) is 0 Å². The average Bonchev–Trinajstić information content (AvgIpc) is 2.69. The van der Waals surface area contributed by atoms with E-state index in [0.29, 0.717) is 12.2 Å². The second kappa shape index (κ2) is 13.5. The van der Waals surface area contributed by atoms with Gasteiger partial charge in [-0.1, -0.05) is 89.0 Å². The predicted octanol–water partition coefficient (Wildman–Crippen LogP) is 7.70. The third-order valence-electron chi connectivity index (χ3n) is 6.07. The Kier molecular flexibility index (Phi) is 10.9. The van der Waals surface area contributed by atoms with E-state index in [-0.39, 0.29) is 0 Å². The maximum atomic E-state index is 12.6. The van der Waals surface area contributed by atoms with Gasteiger partial charge < -0.3 is 9.84 Å². The Morgan fingerprint density at radius 3 is 2.28 bits per heavy atom. The lowest BCUT2D eigenvalue weighted by molar-refractivity contribution is -0.152. The number of hydrogen-bond acceptors (Lipinski definition) is 2. The van der Waals surface area contributed by atoms with Gasteiger partial charge in [0.2, 0.25) is 5.60 Å². The van der Waals surface area contributed by atoms with Crippen molar-refractivity contribution in [2.24, 2.45) is 0 Å². The van der Waals surface area contributed by atoms with Gasteiger partial charge in [0.25, 0.3) is 0 Å². The minimum atomic E-state index is -1.22. The molecule has 1 aromatic rings. The Balaban J connectivity index is 2.07. The lowest BCUT2D eigenvalue weighted by atomic mass is 9.82. The molecule has 0 radical (unpaired) electrons. The van der Waals surface area contributed by atoms with Crippen LogP contribution in [0, 0.1) is 0 Å². The van der Waals surface area contributed by atoms with Crippen molar-refractivity contribution in [2.75, 3.05) is 0 Å². The number of ether oxygens (including phenoxy) is 1. The second-order valence-electron chi connectivity index (χ2n) is 8.45. The summed E-state index contributed by atoms with van der Waals surface area (Å²) in [6.07, 6.45) is 18.7. The van der Waals surface area contributed by atoms with Gasteiger partial charge in [-0.15, -0.1) is 0 Å². The molecule has 0 saturated carbocycles. The first-order valence-electron chi connectivity index (χ1n) is 11.9. The van der Waals surface area contributed by atoms with Crippen LogP contribution in [-0.4, -0.2) is 16.7 Å². The van der Waals surface area contributed by atoms with Gasteiger partial charge in [-0.05, 0) is 49.8 Å². The monoisotopic (exact) mass is 400 g/mol. The third kappa shape index (κ3) is 7.87. The molecule has 0 heterocycles. The Morgan fingerprint density at radius 1 is 0.931 bits per heavy atom. The number of rotatable bonds is 13. The van der Waals surface area contributed by atoms with E-state index in [2.05, 4.69) is 13.0 Å². The van der Waals surface area contributed by atoms with Gasteiger partial charge in [0, 0.05) is 6.42 Å². The maximum Gasteiger partial charge on any atom is 0.352 e. The van der Waals surface area contributed by atoms with Crippen molar-refractivity contribution < 1.29 is 14.6 Å². The van der Waals surface area contributed by atoms with Crippen LogP contribution in [0.25, 0.3) is 0 Å². The van der Waals surface area contributed by atoms with Crippen LogP contribution in [0.4, 0.5) is 0 Å². The molecular formula is C26H40O3. The van der Waals surface area contributed by atoms with E-state index in [1.165, 1.54) is 51.4 Å². The molecule has 1 aliphatic carbocycles. The number of benzene rings is 1. The molecule has 1 N–H and O–H groups in total. The van der Waals surface area contributed by atoms with Crippen molar-refractivity contribution in [3.05, 3.63) is 42.0 Å². The predicted molar refractivity (Wildman–Crippen MR) is 120 cm³/mol. The average molecular weight is 401 g/mol. The zero-order valence-corrected chi connectivity index (χ0v) is 18.3. The highest BCUT2D eigenvalue weighted by Gasteiger charge is 2.44. The summed E-state index contributed by atoms with van der Waals surface area (Å²) in [5.41, 5.74) is -0.238. The fourth-order valence-electron chi connectivity index (χ4n) is 4.32. The quantitative estimate of drug-likeness (QED) is 0.272. The van der Waals surface area contributed by atoms with Gasteiger partial charge in [-0.2, -0.15) is 0 Å². The topological polar surface area (TPSA) is 46.5 Å². The van der Waals surface area contributed by atoms with E-state index in [1.54, 1.807) is 0 Å². The number of aliphatic carboxylic acids is 1. The van der Waals surface area contributed by atoms with Gasteiger partial charge in [0.1, 0.15) is 5.75 Å². The molecule has 3 nitrogen and oxygen atoms in total. The van der Waals surface area contributed by atoms with E-state index >= 15 is 0 Å². The van der Waals surface area contributed by atoms with Crippen molar-refractivity contribution in [3.63, 3.8) is 0 Å². The van der Waals surface area contributed by atoms with Crippen LogP contribution in [0.2, 0.25) is 0 Å². The highest BCUT2D eigenvalue weighted by molar-refractivity contribution is 5.82. The highest BCUT2D eigenvalue weighted by atomic mass is 16.5. The summed E-state index contributed by atoms with van der Waals surface area (Å²) in [6.45, 7) is 2.24. The van der Waals surface area contributed by atoms with E-state index in [0.717, 1.165) is 44.1 Å². The maximum absolute atomic E-state index is 12.6. The standard InChI is InChI=1S/C26H40O3/c1-2-3-4-5-6-7-11-17-22-26(25(27)28,29-24-20-15-12-16-21-24)23-18-13-9-8-10-14-19-23/h12,15-16,18,20-21H,2-11,13-14,17,19,22H2,1H3,(H,27,28). The van der Waals surface area contributed by atoms with Gasteiger partial charge in [0.15, 0.2) is 0 Å². The largest absolute Gasteiger partial charge is 0.478 e. The van der Waals surface area contributed by atoms with E-state index < -0.39 is 11.6 Å². The number of para-hydroxylation sites is 1. The highest BCUT2D eigenvalue weighted by Crippen LogP contribution is 2.35. The number of carboxylic acids is 1. The Labute approximate surface area is 177 Å². The van der Waals surface area contributed by atoms with E-state index in [9.17, 15) is 9.90 Å². The molecule has 0 bridgehead atoms. The number of carbonyl (C=O) groups is 1. The molecular weight excluding hydrogens is 360 g/mol. The van der Waals surface area contributed by atoms with Crippen LogP contribution in [0.1, 0.15) is 103 Å². The smallest absolute Gasteiger partial charge is 0.352 e. The first kappa shape index (κ1) is 23.5. The van der Waals surface area contributed by atoms with Crippen molar-refractivity contribution in [3.8, 4) is 5.75 Å². The first-order chi connectivity index (χ1) is 14.2. The van der Waals surface area contributed by atoms with Crippen LogP contribution >= 0.6 is 0 Å². The SMILES string of the molecule is CCCCCCCCCCC(Oc1ccccc1)(C(=O)O)C1=CCCCCCC1. The molecule has 1 aromatic carbocycles. The first-order valence-corrected chi connectivity index (χ1v) is 11.9. The van der Waals surface area contributed by atoms with Crippen molar-refractivity contribution in [2.45, 2.75) is 109 Å². The minimum Gasteiger partial charge on any atom is -0.478 e. The summed E-state index contributed by atoms with van der Waals surface area (Å²) in [5.74, 6) is -0.187. The lowest BCUT2D eigenvalue weighted by Gasteiger charge is -2.34. The molecule has 1 atom stereocenters. The fraction of sp³-hybridized carbons (Fsp3) is 0.654. The van der Waals surface area contributed by atoms with Crippen LogP contribution < -0.4 is 4.74 Å². The van der Waals surface area contributed by atoms with E-state index in [1.807, 2.05) is 30.3 Å². The molecule has 0 fully saturated rings. The zero-order chi connectivity index (χ0) is 20.8. The summed E-state index contributed by atoms with van der Waals surface area (Å²) >= 11 is 0. The Bertz CT molecular complexity index is 608. The molecule has 1 aliphatic rings. The molecule has 3 heteroatoms. The molecule has 0 aliphatic heterocycles. The molecule has 0 aromatic heterocycles.